The number of hydrogen-bond acceptors (Lipinski definition) is 1. The van der Waals surface area contributed by atoms with Gasteiger partial charge in [0.2, 0.25) is 0 Å². The van der Waals surface area contributed by atoms with Crippen LogP contribution in [0.15, 0.2) is 0 Å². The molecule has 12 heavy (non-hydrogen) atoms. The van der Waals surface area contributed by atoms with Crippen LogP contribution in [0.5, 0.6) is 0 Å². The van der Waals surface area contributed by atoms with Crippen molar-refractivity contribution in [2.45, 2.75) is 30.5 Å². The van der Waals surface area contributed by atoms with Crippen LogP contribution >= 0.6 is 15.9 Å². The fraction of sp³-hybridized carbons (Fsp3) is 1.00. The first-order valence-electron chi connectivity index (χ1n) is 5.10. The summed E-state index contributed by atoms with van der Waals surface area (Å²) < 4.78 is 0. The Bertz CT molecular complexity index is 160. The second kappa shape index (κ2) is 3.67. The molecule has 2 aliphatic rings. The Balaban J connectivity index is 2.00. The maximum absolute atomic E-state index is 3.83. The van der Waals surface area contributed by atoms with E-state index in [0.29, 0.717) is 0 Å². The van der Waals surface area contributed by atoms with Crippen molar-refractivity contribution in [3.05, 3.63) is 0 Å². The van der Waals surface area contributed by atoms with Gasteiger partial charge in [0.1, 0.15) is 0 Å². The molecule has 1 aliphatic heterocycles. The number of rotatable bonds is 0. The summed E-state index contributed by atoms with van der Waals surface area (Å²) in [4.78, 5) is 3.29. The van der Waals surface area contributed by atoms with Crippen LogP contribution in [-0.2, 0) is 0 Å². The molecular weight excluding hydrogens is 214 g/mol. The lowest BCUT2D eigenvalue weighted by molar-refractivity contribution is 0.112. The van der Waals surface area contributed by atoms with Crippen LogP contribution in [0.25, 0.3) is 0 Å². The van der Waals surface area contributed by atoms with Crippen LogP contribution in [0.4, 0.5) is 0 Å². The molecule has 0 spiro atoms. The smallest absolute Gasteiger partial charge is 0.0188 e. The highest BCUT2D eigenvalue weighted by atomic mass is 79.9. The van der Waals surface area contributed by atoms with Gasteiger partial charge in [0, 0.05) is 11.4 Å². The number of halogens is 1. The van der Waals surface area contributed by atoms with E-state index >= 15 is 0 Å². The van der Waals surface area contributed by atoms with E-state index in [1.807, 2.05) is 0 Å². The largest absolute Gasteiger partial charge is 0.306 e. The molecule has 3 unspecified atom stereocenters. The third kappa shape index (κ3) is 1.69. The molecule has 0 amide bonds. The van der Waals surface area contributed by atoms with E-state index in [1.54, 1.807) is 0 Å². The minimum absolute atomic E-state index is 0.805. The van der Waals surface area contributed by atoms with Crippen LogP contribution in [0.1, 0.15) is 25.7 Å². The van der Waals surface area contributed by atoms with Gasteiger partial charge in [-0.2, -0.15) is 0 Å². The minimum Gasteiger partial charge on any atom is -0.306 e. The highest BCUT2D eigenvalue weighted by Gasteiger charge is 2.34. The van der Waals surface area contributed by atoms with Gasteiger partial charge in [-0.3, -0.25) is 0 Å². The number of fused-ring (bicyclic) bond motifs is 1. The lowest BCUT2D eigenvalue weighted by Gasteiger charge is -2.42. The summed E-state index contributed by atoms with van der Waals surface area (Å²) in [6.45, 7) is 2.64. The summed E-state index contributed by atoms with van der Waals surface area (Å²) in [7, 11) is 2.25. The molecule has 2 heteroatoms. The van der Waals surface area contributed by atoms with Crippen molar-refractivity contribution < 1.29 is 0 Å². The number of likely N-dealkylation sites (tertiary alicyclic amines) is 1. The molecule has 1 saturated carbocycles. The summed E-state index contributed by atoms with van der Waals surface area (Å²) in [5.41, 5.74) is 0. The Morgan fingerprint density at radius 2 is 2.08 bits per heavy atom. The average molecular weight is 232 g/mol. The van der Waals surface area contributed by atoms with Crippen LogP contribution in [-0.4, -0.2) is 29.9 Å². The van der Waals surface area contributed by atoms with E-state index in [9.17, 15) is 0 Å². The molecule has 3 atom stereocenters. The zero-order valence-corrected chi connectivity index (χ0v) is 9.39. The van der Waals surface area contributed by atoms with Gasteiger partial charge in [0.15, 0.2) is 0 Å². The molecule has 1 aliphatic carbocycles. The molecule has 0 radical (unpaired) electrons. The molecular formula is C10H18BrN. The van der Waals surface area contributed by atoms with Crippen molar-refractivity contribution >= 4 is 15.9 Å². The fourth-order valence-electron chi connectivity index (χ4n) is 2.76. The topological polar surface area (TPSA) is 3.24 Å². The molecule has 0 aromatic heterocycles. The van der Waals surface area contributed by atoms with E-state index in [4.69, 9.17) is 0 Å². The zero-order valence-electron chi connectivity index (χ0n) is 7.80. The maximum Gasteiger partial charge on any atom is 0.0188 e. The summed E-state index contributed by atoms with van der Waals surface area (Å²) in [5.74, 6) is 1.97. The van der Waals surface area contributed by atoms with E-state index < -0.39 is 0 Å². The lowest BCUT2D eigenvalue weighted by atomic mass is 9.75. The van der Waals surface area contributed by atoms with Crippen molar-refractivity contribution in [2.75, 3.05) is 20.1 Å². The molecule has 0 aromatic carbocycles. The van der Waals surface area contributed by atoms with Gasteiger partial charge in [0.25, 0.3) is 0 Å². The molecule has 0 bridgehead atoms. The normalized spacial score (nSPS) is 44.0. The van der Waals surface area contributed by atoms with Gasteiger partial charge in [-0.15, -0.1) is 0 Å². The van der Waals surface area contributed by atoms with Crippen LogP contribution in [0.2, 0.25) is 0 Å². The van der Waals surface area contributed by atoms with Gasteiger partial charge in [-0.05, 0) is 38.3 Å². The monoisotopic (exact) mass is 231 g/mol. The summed E-state index contributed by atoms with van der Waals surface area (Å²) >= 11 is 3.83. The number of piperidine rings is 1. The molecule has 70 valence electrons. The van der Waals surface area contributed by atoms with Crippen LogP contribution < -0.4 is 0 Å². The van der Waals surface area contributed by atoms with Crippen molar-refractivity contribution in [1.29, 1.82) is 0 Å². The highest BCUT2D eigenvalue weighted by Crippen LogP contribution is 2.39. The van der Waals surface area contributed by atoms with Crippen molar-refractivity contribution in [3.8, 4) is 0 Å². The Kier molecular flexibility index (Phi) is 2.75. The predicted molar refractivity (Wildman–Crippen MR) is 55.7 cm³/mol. The first kappa shape index (κ1) is 9.01. The summed E-state index contributed by atoms with van der Waals surface area (Å²) in [5, 5.41) is 0. The summed E-state index contributed by atoms with van der Waals surface area (Å²) in [6.07, 6.45) is 5.76. The first-order chi connectivity index (χ1) is 5.77. The van der Waals surface area contributed by atoms with Gasteiger partial charge in [-0.1, -0.05) is 28.8 Å². The second-order valence-corrected chi connectivity index (χ2v) is 5.60. The SMILES string of the molecule is CN1CCC2CCCC(Br)C2C1. The van der Waals surface area contributed by atoms with E-state index in [-0.39, 0.29) is 0 Å². The third-order valence-electron chi connectivity index (χ3n) is 3.53. The van der Waals surface area contributed by atoms with E-state index in [0.717, 1.165) is 16.7 Å². The predicted octanol–water partition coefficient (Wildman–Crippen LogP) is 2.50. The Morgan fingerprint density at radius 1 is 1.25 bits per heavy atom. The van der Waals surface area contributed by atoms with Gasteiger partial charge in [-0.25, -0.2) is 0 Å². The third-order valence-corrected chi connectivity index (χ3v) is 4.67. The molecule has 0 N–H and O–H groups in total. The van der Waals surface area contributed by atoms with Crippen LogP contribution in [0, 0.1) is 11.8 Å². The van der Waals surface area contributed by atoms with Crippen LogP contribution in [0.3, 0.4) is 0 Å². The standard InChI is InChI=1S/C10H18BrN/c1-12-6-5-8-3-2-4-10(11)9(8)7-12/h8-10H,2-7H2,1H3. The Morgan fingerprint density at radius 3 is 2.92 bits per heavy atom. The van der Waals surface area contributed by atoms with Gasteiger partial charge < -0.3 is 4.90 Å². The summed E-state index contributed by atoms with van der Waals surface area (Å²) in [6, 6.07) is 0. The lowest BCUT2D eigenvalue weighted by Crippen LogP contribution is -2.43. The molecule has 1 saturated heterocycles. The van der Waals surface area contributed by atoms with Crippen molar-refractivity contribution in [1.82, 2.24) is 4.90 Å². The van der Waals surface area contributed by atoms with E-state index in [2.05, 4.69) is 27.9 Å². The second-order valence-electron chi connectivity index (χ2n) is 4.42. The Labute approximate surface area is 83.6 Å². The minimum atomic E-state index is 0.805. The van der Waals surface area contributed by atoms with Gasteiger partial charge in [0.05, 0.1) is 0 Å². The van der Waals surface area contributed by atoms with E-state index in [1.165, 1.54) is 38.8 Å². The zero-order chi connectivity index (χ0) is 8.55. The number of nitrogens with zero attached hydrogens (tertiary/aromatic N) is 1. The number of hydrogen-bond donors (Lipinski definition) is 0. The molecule has 1 heterocycles. The quantitative estimate of drug-likeness (QED) is 0.580. The molecule has 2 fully saturated rings. The van der Waals surface area contributed by atoms with Crippen molar-refractivity contribution in [2.24, 2.45) is 11.8 Å². The highest BCUT2D eigenvalue weighted by molar-refractivity contribution is 9.09. The Hall–Kier alpha value is 0.440. The van der Waals surface area contributed by atoms with Crippen molar-refractivity contribution in [3.63, 3.8) is 0 Å². The molecule has 0 aromatic rings. The first-order valence-corrected chi connectivity index (χ1v) is 6.01. The van der Waals surface area contributed by atoms with Gasteiger partial charge >= 0.3 is 0 Å². The maximum atomic E-state index is 3.83. The average Bonchev–Trinajstić information content (AvgIpc) is 2.07. The number of alkyl halides is 1. The molecule has 2 rings (SSSR count). The fourth-order valence-corrected chi connectivity index (χ4v) is 3.68. The molecule has 1 nitrogen and oxygen atoms in total.